The molecule has 0 bridgehead atoms. The molecule has 1 fully saturated rings. The summed E-state index contributed by atoms with van der Waals surface area (Å²) in [6, 6.07) is 10.4. The predicted octanol–water partition coefficient (Wildman–Crippen LogP) is 4.18. The van der Waals surface area contributed by atoms with Crippen molar-refractivity contribution in [3.05, 3.63) is 68.1 Å². The number of nitro groups is 1. The lowest BCUT2D eigenvalue weighted by atomic mass is 10.2. The van der Waals surface area contributed by atoms with Gasteiger partial charge < -0.3 is 10.4 Å². The van der Waals surface area contributed by atoms with Gasteiger partial charge in [-0.2, -0.15) is 0 Å². The summed E-state index contributed by atoms with van der Waals surface area (Å²) in [5.41, 5.74) is 0.425. The van der Waals surface area contributed by atoms with E-state index in [2.05, 4.69) is 5.32 Å². The lowest BCUT2D eigenvalue weighted by Gasteiger charge is -2.14. The number of hydrogen-bond acceptors (Lipinski definition) is 7. The topological polar surface area (TPSA) is 113 Å². The van der Waals surface area contributed by atoms with E-state index in [1.807, 2.05) is 0 Å². The van der Waals surface area contributed by atoms with Crippen LogP contribution >= 0.6 is 35.6 Å². The lowest BCUT2D eigenvalue weighted by molar-refractivity contribution is -0.384. The molecule has 1 aliphatic rings. The number of amides is 2. The summed E-state index contributed by atoms with van der Waals surface area (Å²) in [6.07, 6.45) is 1.57. The molecule has 0 spiro atoms. The molecule has 1 saturated heterocycles. The van der Waals surface area contributed by atoms with E-state index in [1.54, 1.807) is 30.3 Å². The van der Waals surface area contributed by atoms with Gasteiger partial charge in [0.1, 0.15) is 10.1 Å². The number of aromatic hydroxyl groups is 1. The number of halogens is 1. The van der Waals surface area contributed by atoms with Gasteiger partial charge in [0.05, 0.1) is 21.6 Å². The molecule has 2 amide bonds. The number of anilines is 1. The second-order valence-corrected chi connectivity index (χ2v) is 8.19. The highest BCUT2D eigenvalue weighted by Crippen LogP contribution is 2.34. The van der Waals surface area contributed by atoms with E-state index in [0.29, 0.717) is 19.8 Å². The number of phenols is 1. The zero-order valence-electron chi connectivity index (χ0n) is 15.2. The van der Waals surface area contributed by atoms with Crippen LogP contribution in [0.1, 0.15) is 12.0 Å². The number of carbonyl (C=O) groups excluding carboxylic acids is 2. The summed E-state index contributed by atoms with van der Waals surface area (Å²) in [6.45, 7) is 0.0457. The van der Waals surface area contributed by atoms with Gasteiger partial charge in [-0.1, -0.05) is 53.8 Å². The molecule has 2 aromatic carbocycles. The van der Waals surface area contributed by atoms with E-state index in [9.17, 15) is 24.8 Å². The quantitative estimate of drug-likeness (QED) is 0.217. The van der Waals surface area contributed by atoms with Gasteiger partial charge in [-0.25, -0.2) is 0 Å². The highest BCUT2D eigenvalue weighted by Gasteiger charge is 2.32. The number of thioether (sulfide) groups is 1. The van der Waals surface area contributed by atoms with Crippen molar-refractivity contribution < 1.29 is 19.6 Å². The highest BCUT2D eigenvalue weighted by molar-refractivity contribution is 8.26. The number of hydrogen-bond donors (Lipinski definition) is 2. The normalized spacial score (nSPS) is 15.0. The van der Waals surface area contributed by atoms with Crippen LogP contribution in [0.15, 0.2) is 47.4 Å². The molecule has 2 N–H and O–H groups in total. The van der Waals surface area contributed by atoms with Gasteiger partial charge in [0.15, 0.2) is 0 Å². The minimum absolute atomic E-state index is 0.0367. The van der Waals surface area contributed by atoms with Crippen molar-refractivity contribution in [3.63, 3.8) is 0 Å². The highest BCUT2D eigenvalue weighted by atomic mass is 35.5. The predicted molar refractivity (Wildman–Crippen MR) is 119 cm³/mol. The fourth-order valence-corrected chi connectivity index (χ4v) is 4.08. The molecule has 154 valence electrons. The van der Waals surface area contributed by atoms with Crippen LogP contribution in [0.2, 0.25) is 5.02 Å². The van der Waals surface area contributed by atoms with Gasteiger partial charge in [-0.15, -0.1) is 0 Å². The molecule has 11 heteroatoms. The number of nitrogens with zero attached hydrogens (tertiary/aromatic N) is 2. The average Bonchev–Trinajstić information content (AvgIpc) is 2.96. The summed E-state index contributed by atoms with van der Waals surface area (Å²) in [5, 5.41) is 23.5. The van der Waals surface area contributed by atoms with Crippen molar-refractivity contribution in [3.8, 4) is 5.75 Å². The minimum atomic E-state index is -0.656. The Balaban J connectivity index is 1.62. The maximum Gasteiger partial charge on any atom is 0.273 e. The number of nitro benzene ring substituents is 1. The Kier molecular flexibility index (Phi) is 6.70. The van der Waals surface area contributed by atoms with Crippen molar-refractivity contribution >= 4 is 69.2 Å². The van der Waals surface area contributed by atoms with Crippen LogP contribution < -0.4 is 5.32 Å². The Bertz CT molecular complexity index is 1090. The van der Waals surface area contributed by atoms with E-state index >= 15 is 0 Å². The van der Waals surface area contributed by atoms with Crippen LogP contribution in [0.5, 0.6) is 5.75 Å². The van der Waals surface area contributed by atoms with Gasteiger partial charge >= 0.3 is 0 Å². The molecular formula is C19H14ClN3O5S2. The summed E-state index contributed by atoms with van der Waals surface area (Å²) >= 11 is 12.5. The number of non-ortho nitro benzene ring substituents is 1. The summed E-state index contributed by atoms with van der Waals surface area (Å²) < 4.78 is 0.323. The SMILES string of the molecule is O=C(CCN1C(=O)C(=Cc2ccccc2Cl)SC1=S)Nc1ccc([N+](=O)[O-])cc1O. The largest absolute Gasteiger partial charge is 0.506 e. The standard InChI is InChI=1S/C19H14ClN3O5S2/c20-13-4-2-1-3-11(13)9-16-18(26)22(19(29)30-16)8-7-17(25)21-14-6-5-12(23(27)28)10-15(14)24/h1-6,9-10,24H,7-8H2,(H,21,25). The van der Waals surface area contributed by atoms with E-state index in [0.717, 1.165) is 23.9 Å². The van der Waals surface area contributed by atoms with Crippen LogP contribution in [0, 0.1) is 10.1 Å². The molecular weight excluding hydrogens is 450 g/mol. The first-order chi connectivity index (χ1) is 14.3. The van der Waals surface area contributed by atoms with Crippen LogP contribution in [-0.2, 0) is 9.59 Å². The van der Waals surface area contributed by atoms with Crippen LogP contribution in [0.25, 0.3) is 6.08 Å². The first-order valence-electron chi connectivity index (χ1n) is 8.53. The number of benzene rings is 2. The number of carbonyl (C=O) groups is 2. The van der Waals surface area contributed by atoms with Crippen LogP contribution in [0.4, 0.5) is 11.4 Å². The zero-order chi connectivity index (χ0) is 21.8. The third-order valence-corrected chi connectivity index (χ3v) is 5.82. The van der Waals surface area contributed by atoms with Gasteiger partial charge in [0.25, 0.3) is 11.6 Å². The van der Waals surface area contributed by atoms with Crippen LogP contribution in [0.3, 0.4) is 0 Å². The van der Waals surface area contributed by atoms with Gasteiger partial charge in [-0.3, -0.25) is 24.6 Å². The van der Waals surface area contributed by atoms with Gasteiger partial charge in [0.2, 0.25) is 5.91 Å². The molecule has 0 aliphatic carbocycles. The Hall–Kier alpha value is -2.95. The number of thiocarbonyl (C=S) groups is 1. The van der Waals surface area contributed by atoms with Crippen molar-refractivity contribution in [2.75, 3.05) is 11.9 Å². The molecule has 3 rings (SSSR count). The lowest BCUT2D eigenvalue weighted by Crippen LogP contribution is -2.31. The molecule has 8 nitrogen and oxygen atoms in total. The maximum absolute atomic E-state index is 12.6. The molecule has 0 radical (unpaired) electrons. The second-order valence-electron chi connectivity index (χ2n) is 6.11. The fraction of sp³-hybridized carbons (Fsp3) is 0.105. The van der Waals surface area contributed by atoms with E-state index in [-0.39, 0.29) is 30.2 Å². The third-order valence-electron chi connectivity index (χ3n) is 4.09. The second kappa shape index (κ2) is 9.24. The molecule has 1 heterocycles. The Labute approximate surface area is 185 Å². The third kappa shape index (κ3) is 4.96. The Morgan fingerprint density at radius 1 is 1.33 bits per heavy atom. The van der Waals surface area contributed by atoms with Crippen molar-refractivity contribution in [2.24, 2.45) is 0 Å². The van der Waals surface area contributed by atoms with Crippen molar-refractivity contribution in [1.29, 1.82) is 0 Å². The minimum Gasteiger partial charge on any atom is -0.506 e. The first kappa shape index (κ1) is 21.8. The van der Waals surface area contributed by atoms with Crippen molar-refractivity contribution in [1.82, 2.24) is 4.90 Å². The van der Waals surface area contributed by atoms with Gasteiger partial charge in [0, 0.05) is 24.1 Å². The Morgan fingerprint density at radius 2 is 2.07 bits per heavy atom. The Morgan fingerprint density at radius 3 is 2.73 bits per heavy atom. The maximum atomic E-state index is 12.6. The van der Waals surface area contributed by atoms with Gasteiger partial charge in [-0.05, 0) is 23.8 Å². The number of phenolic OH excluding ortho intramolecular Hbond substituents is 1. The summed E-state index contributed by atoms with van der Waals surface area (Å²) in [7, 11) is 0. The molecule has 30 heavy (non-hydrogen) atoms. The van der Waals surface area contributed by atoms with E-state index < -0.39 is 16.6 Å². The average molecular weight is 464 g/mol. The molecule has 0 saturated carbocycles. The van der Waals surface area contributed by atoms with E-state index in [1.165, 1.54) is 11.0 Å². The molecule has 0 unspecified atom stereocenters. The number of nitrogens with one attached hydrogen (secondary N) is 1. The van der Waals surface area contributed by atoms with Crippen LogP contribution in [-0.4, -0.2) is 37.6 Å². The molecule has 0 atom stereocenters. The van der Waals surface area contributed by atoms with E-state index in [4.69, 9.17) is 23.8 Å². The monoisotopic (exact) mass is 463 g/mol. The zero-order valence-corrected chi connectivity index (χ0v) is 17.6. The van der Waals surface area contributed by atoms with Crippen molar-refractivity contribution in [2.45, 2.75) is 6.42 Å². The molecule has 0 aromatic heterocycles. The molecule has 2 aromatic rings. The first-order valence-corrected chi connectivity index (χ1v) is 10.1. The fourth-order valence-electron chi connectivity index (χ4n) is 2.59. The number of rotatable bonds is 6. The smallest absolute Gasteiger partial charge is 0.273 e. The summed E-state index contributed by atoms with van der Waals surface area (Å²) in [4.78, 5) is 36.6. The molecule has 1 aliphatic heterocycles. The summed E-state index contributed by atoms with van der Waals surface area (Å²) in [5.74, 6) is -1.23.